The van der Waals surface area contributed by atoms with Crippen molar-refractivity contribution in [1.82, 2.24) is 9.78 Å². The van der Waals surface area contributed by atoms with E-state index in [1.165, 1.54) is 12.0 Å². The second-order valence-corrected chi connectivity index (χ2v) is 5.10. The minimum Gasteiger partial charge on any atom is -0.384 e. The highest BCUT2D eigenvalue weighted by Crippen LogP contribution is 2.38. The summed E-state index contributed by atoms with van der Waals surface area (Å²) in [5, 5.41) is 4.56. The zero-order valence-electron chi connectivity index (χ0n) is 11.1. The molecular formula is C13H23N3O. The molecule has 1 aliphatic rings. The first-order valence-electron chi connectivity index (χ1n) is 6.47. The minimum atomic E-state index is 0.0310. The van der Waals surface area contributed by atoms with Crippen molar-refractivity contribution in [2.45, 2.75) is 51.0 Å². The highest BCUT2D eigenvalue weighted by molar-refractivity contribution is 5.44. The third kappa shape index (κ3) is 2.18. The Labute approximate surface area is 103 Å². The van der Waals surface area contributed by atoms with Crippen LogP contribution in [0.1, 0.15) is 43.9 Å². The molecule has 96 valence electrons. The van der Waals surface area contributed by atoms with Gasteiger partial charge in [-0.05, 0) is 25.7 Å². The number of ether oxygens (including phenoxy) is 1. The van der Waals surface area contributed by atoms with Gasteiger partial charge in [0.25, 0.3) is 0 Å². The number of hydrogen-bond acceptors (Lipinski definition) is 3. The number of aromatic nitrogens is 2. The van der Waals surface area contributed by atoms with E-state index in [9.17, 15) is 0 Å². The van der Waals surface area contributed by atoms with Gasteiger partial charge in [0.1, 0.15) is 5.82 Å². The lowest BCUT2D eigenvalue weighted by atomic mass is 9.76. The molecule has 4 heteroatoms. The number of hydrogen-bond donors (Lipinski definition) is 1. The molecule has 0 aliphatic heterocycles. The monoisotopic (exact) mass is 237 g/mol. The molecule has 1 aromatic rings. The summed E-state index contributed by atoms with van der Waals surface area (Å²) in [5.74, 6) is 0.812. The van der Waals surface area contributed by atoms with Gasteiger partial charge in [-0.15, -0.1) is 0 Å². The lowest BCUT2D eigenvalue weighted by Crippen LogP contribution is -2.41. The van der Waals surface area contributed by atoms with Gasteiger partial charge in [0, 0.05) is 26.1 Å². The summed E-state index contributed by atoms with van der Waals surface area (Å²) in [7, 11) is 3.73. The van der Waals surface area contributed by atoms with Crippen LogP contribution < -0.4 is 5.73 Å². The van der Waals surface area contributed by atoms with Crippen molar-refractivity contribution in [1.29, 1.82) is 0 Å². The maximum atomic E-state index is 6.07. The van der Waals surface area contributed by atoms with Crippen molar-refractivity contribution in [3.8, 4) is 0 Å². The fourth-order valence-corrected chi connectivity index (χ4v) is 2.63. The third-order valence-corrected chi connectivity index (χ3v) is 3.96. The standard InChI is InChI=1S/C13H23N3O/c1-4-6-10-11(15-16(2)12(10)14)9-13(17-3)7-5-8-13/h4-9,14H2,1-3H3. The average Bonchev–Trinajstić information content (AvgIpc) is 2.52. The van der Waals surface area contributed by atoms with E-state index in [4.69, 9.17) is 10.5 Å². The lowest BCUT2D eigenvalue weighted by Gasteiger charge is -2.40. The van der Waals surface area contributed by atoms with Crippen molar-refractivity contribution in [2.24, 2.45) is 7.05 Å². The van der Waals surface area contributed by atoms with Crippen LogP contribution in [0.4, 0.5) is 5.82 Å². The van der Waals surface area contributed by atoms with E-state index in [-0.39, 0.29) is 5.60 Å². The smallest absolute Gasteiger partial charge is 0.124 e. The van der Waals surface area contributed by atoms with Crippen molar-refractivity contribution in [2.75, 3.05) is 12.8 Å². The largest absolute Gasteiger partial charge is 0.384 e. The summed E-state index contributed by atoms with van der Waals surface area (Å²) in [6.07, 6.45) is 6.57. The predicted octanol–water partition coefficient (Wildman–Crippen LogP) is 2.07. The Kier molecular flexibility index (Phi) is 3.43. The Bertz CT molecular complexity index is 388. The summed E-state index contributed by atoms with van der Waals surface area (Å²) < 4.78 is 7.46. The van der Waals surface area contributed by atoms with E-state index in [1.807, 2.05) is 14.2 Å². The maximum absolute atomic E-state index is 6.07. The number of nitrogens with two attached hydrogens (primary N) is 1. The molecule has 17 heavy (non-hydrogen) atoms. The maximum Gasteiger partial charge on any atom is 0.124 e. The van der Waals surface area contributed by atoms with E-state index in [0.717, 1.165) is 43.6 Å². The number of nitrogens with zero attached hydrogens (tertiary/aromatic N) is 2. The normalized spacial score (nSPS) is 18.1. The van der Waals surface area contributed by atoms with E-state index < -0.39 is 0 Å². The average molecular weight is 237 g/mol. The third-order valence-electron chi connectivity index (χ3n) is 3.96. The molecule has 1 fully saturated rings. The van der Waals surface area contributed by atoms with Crippen molar-refractivity contribution < 1.29 is 4.74 Å². The lowest BCUT2D eigenvalue weighted by molar-refractivity contribution is -0.0716. The van der Waals surface area contributed by atoms with Gasteiger partial charge in [0.15, 0.2) is 0 Å². The SMILES string of the molecule is CCCc1c(CC2(OC)CCC2)nn(C)c1N. The first-order valence-corrected chi connectivity index (χ1v) is 6.47. The Morgan fingerprint density at radius 2 is 2.18 bits per heavy atom. The Morgan fingerprint density at radius 3 is 2.65 bits per heavy atom. The molecule has 2 rings (SSSR count). The minimum absolute atomic E-state index is 0.0310. The van der Waals surface area contributed by atoms with Gasteiger partial charge in [0.2, 0.25) is 0 Å². The molecule has 1 aliphatic carbocycles. The molecular weight excluding hydrogens is 214 g/mol. The molecule has 0 spiro atoms. The van der Waals surface area contributed by atoms with E-state index in [0.29, 0.717) is 0 Å². The molecule has 0 saturated heterocycles. The van der Waals surface area contributed by atoms with Crippen LogP contribution in [-0.2, 0) is 24.6 Å². The number of anilines is 1. The Balaban J connectivity index is 2.22. The van der Waals surface area contributed by atoms with Crippen LogP contribution in [0.25, 0.3) is 0 Å². The van der Waals surface area contributed by atoms with Gasteiger partial charge in [-0.1, -0.05) is 13.3 Å². The molecule has 2 N–H and O–H groups in total. The Hall–Kier alpha value is -1.03. The first-order chi connectivity index (χ1) is 8.12. The summed E-state index contributed by atoms with van der Waals surface area (Å²) in [6, 6.07) is 0. The predicted molar refractivity (Wildman–Crippen MR) is 68.9 cm³/mol. The second kappa shape index (κ2) is 4.69. The Morgan fingerprint density at radius 1 is 1.47 bits per heavy atom. The number of nitrogen functional groups attached to an aromatic ring is 1. The molecule has 0 radical (unpaired) electrons. The van der Waals surface area contributed by atoms with Gasteiger partial charge in [0.05, 0.1) is 11.3 Å². The van der Waals surface area contributed by atoms with Crippen LogP contribution in [0.3, 0.4) is 0 Å². The number of aryl methyl sites for hydroxylation is 1. The van der Waals surface area contributed by atoms with Gasteiger partial charge < -0.3 is 10.5 Å². The van der Waals surface area contributed by atoms with Gasteiger partial charge >= 0.3 is 0 Å². The summed E-state index contributed by atoms with van der Waals surface area (Å²) in [6.45, 7) is 2.17. The summed E-state index contributed by atoms with van der Waals surface area (Å²) >= 11 is 0. The molecule has 0 aromatic carbocycles. The number of methoxy groups -OCH3 is 1. The van der Waals surface area contributed by atoms with Crippen LogP contribution in [0.15, 0.2) is 0 Å². The molecule has 0 unspecified atom stereocenters. The van der Waals surface area contributed by atoms with E-state index in [2.05, 4.69) is 12.0 Å². The number of rotatable bonds is 5. The van der Waals surface area contributed by atoms with Crippen LogP contribution >= 0.6 is 0 Å². The fraction of sp³-hybridized carbons (Fsp3) is 0.769. The molecule has 0 atom stereocenters. The molecule has 0 amide bonds. The zero-order valence-corrected chi connectivity index (χ0v) is 11.1. The molecule has 1 aromatic heterocycles. The fourth-order valence-electron chi connectivity index (χ4n) is 2.63. The summed E-state index contributed by atoms with van der Waals surface area (Å²) in [5.41, 5.74) is 8.45. The van der Waals surface area contributed by atoms with Crippen molar-refractivity contribution in [3.05, 3.63) is 11.3 Å². The van der Waals surface area contributed by atoms with Gasteiger partial charge in [-0.3, -0.25) is 4.68 Å². The quantitative estimate of drug-likeness (QED) is 0.853. The van der Waals surface area contributed by atoms with E-state index >= 15 is 0 Å². The molecule has 1 heterocycles. The van der Waals surface area contributed by atoms with Crippen LogP contribution in [0.2, 0.25) is 0 Å². The van der Waals surface area contributed by atoms with Crippen LogP contribution in [-0.4, -0.2) is 22.5 Å². The van der Waals surface area contributed by atoms with Gasteiger partial charge in [-0.2, -0.15) is 5.10 Å². The summed E-state index contributed by atoms with van der Waals surface area (Å²) in [4.78, 5) is 0. The second-order valence-electron chi connectivity index (χ2n) is 5.10. The molecule has 0 bridgehead atoms. The zero-order chi connectivity index (χ0) is 12.5. The van der Waals surface area contributed by atoms with Crippen LogP contribution in [0.5, 0.6) is 0 Å². The molecule has 1 saturated carbocycles. The first kappa shape index (κ1) is 12.4. The van der Waals surface area contributed by atoms with Crippen LogP contribution in [0, 0.1) is 0 Å². The topological polar surface area (TPSA) is 53.1 Å². The van der Waals surface area contributed by atoms with E-state index in [1.54, 1.807) is 4.68 Å². The molecule has 4 nitrogen and oxygen atoms in total. The van der Waals surface area contributed by atoms with Crippen molar-refractivity contribution in [3.63, 3.8) is 0 Å². The highest BCUT2D eigenvalue weighted by atomic mass is 16.5. The van der Waals surface area contributed by atoms with Gasteiger partial charge in [-0.25, -0.2) is 0 Å². The van der Waals surface area contributed by atoms with Crippen molar-refractivity contribution >= 4 is 5.82 Å². The highest BCUT2D eigenvalue weighted by Gasteiger charge is 2.38.